The minimum Gasteiger partial charge on any atom is -0.424 e. The van der Waals surface area contributed by atoms with Crippen LogP contribution in [-0.2, 0) is 5.11 Å². The Morgan fingerprint density at radius 2 is 1.69 bits per heavy atom. The molecule has 4 rings (SSSR count). The quantitative estimate of drug-likeness (QED) is 0.512. The lowest BCUT2D eigenvalue weighted by Crippen LogP contribution is -1.92. The second-order valence-corrected chi connectivity index (χ2v) is 6.17. The molecule has 0 saturated heterocycles. The van der Waals surface area contributed by atoms with Gasteiger partial charge in [0.25, 0.3) is 5.71 Å². The summed E-state index contributed by atoms with van der Waals surface area (Å²) in [7, 11) is 0. The van der Waals surface area contributed by atoms with Gasteiger partial charge < -0.3 is 9.15 Å². The van der Waals surface area contributed by atoms with Crippen LogP contribution in [0, 0.1) is 20.8 Å². The summed E-state index contributed by atoms with van der Waals surface area (Å²) >= 11 is 0. The molecule has 0 aliphatic heterocycles. The molecule has 6 nitrogen and oxygen atoms in total. The minimum absolute atomic E-state index is 0.0265. The van der Waals surface area contributed by atoms with Crippen molar-refractivity contribution >= 4 is 11.2 Å². The molecule has 6 heteroatoms. The van der Waals surface area contributed by atoms with Crippen molar-refractivity contribution < 1.29 is 14.3 Å². The Morgan fingerprint density at radius 1 is 0.962 bits per heavy atom. The van der Waals surface area contributed by atoms with Crippen molar-refractivity contribution in [2.24, 2.45) is 0 Å². The molecule has 0 bridgehead atoms. The van der Waals surface area contributed by atoms with E-state index in [0.29, 0.717) is 34.0 Å². The lowest BCUT2D eigenvalue weighted by atomic mass is 10.1. The molecule has 26 heavy (non-hydrogen) atoms. The van der Waals surface area contributed by atoms with Crippen LogP contribution in [0.5, 0.6) is 17.5 Å². The van der Waals surface area contributed by atoms with Gasteiger partial charge in [0.05, 0.1) is 6.20 Å². The summed E-state index contributed by atoms with van der Waals surface area (Å²) in [4.78, 5) is 12.9. The number of aromatic nitrogens is 3. The zero-order chi connectivity index (χ0) is 18.3. The third-order valence-corrected chi connectivity index (χ3v) is 4.13. The van der Waals surface area contributed by atoms with Gasteiger partial charge in [-0.05, 0) is 55.7 Å². The highest BCUT2D eigenvalue weighted by Crippen LogP contribution is 2.31. The topological polar surface area (TPSA) is 80.9 Å². The number of benzene rings is 2. The molecule has 129 valence electrons. The van der Waals surface area contributed by atoms with Crippen molar-refractivity contribution in [2.45, 2.75) is 20.8 Å². The van der Waals surface area contributed by atoms with Crippen molar-refractivity contribution in [3.8, 4) is 29.0 Å². The number of nitrogens with zero attached hydrogens (tertiary/aromatic N) is 3. The molecular formula is C20H16N3O3. The summed E-state index contributed by atoms with van der Waals surface area (Å²) in [5, 5.41) is 11.9. The average Bonchev–Trinajstić information content (AvgIpc) is 3.04. The molecule has 1 radical (unpaired) electrons. The van der Waals surface area contributed by atoms with Crippen LogP contribution in [0.15, 0.2) is 47.0 Å². The fraction of sp³-hybridized carbons (Fsp3) is 0.150. The Kier molecular flexibility index (Phi) is 3.80. The van der Waals surface area contributed by atoms with Crippen molar-refractivity contribution in [3.05, 3.63) is 59.3 Å². The molecule has 0 amide bonds. The monoisotopic (exact) mass is 346 g/mol. The first-order chi connectivity index (χ1) is 12.5. The van der Waals surface area contributed by atoms with Gasteiger partial charge in [0.15, 0.2) is 5.75 Å². The molecule has 0 saturated carbocycles. The Morgan fingerprint density at radius 3 is 2.42 bits per heavy atom. The Balaban J connectivity index is 1.71. The van der Waals surface area contributed by atoms with Gasteiger partial charge in [-0.15, -0.1) is 0 Å². The Labute approximate surface area is 150 Å². The van der Waals surface area contributed by atoms with E-state index in [1.807, 2.05) is 31.2 Å². The van der Waals surface area contributed by atoms with Crippen LogP contribution in [0.4, 0.5) is 0 Å². The summed E-state index contributed by atoms with van der Waals surface area (Å²) in [6.07, 6.45) is 1.56. The first kappa shape index (κ1) is 16.1. The van der Waals surface area contributed by atoms with Crippen molar-refractivity contribution in [3.63, 3.8) is 0 Å². The zero-order valence-electron chi connectivity index (χ0n) is 14.6. The normalized spacial score (nSPS) is 11.0. The molecule has 0 aliphatic carbocycles. The van der Waals surface area contributed by atoms with Crippen molar-refractivity contribution in [1.82, 2.24) is 15.0 Å². The Hall–Kier alpha value is -3.41. The zero-order valence-corrected chi connectivity index (χ0v) is 14.6. The number of para-hydroxylation sites is 1. The lowest BCUT2D eigenvalue weighted by Gasteiger charge is -2.05. The lowest BCUT2D eigenvalue weighted by molar-refractivity contribution is 0.348. The van der Waals surface area contributed by atoms with Gasteiger partial charge in [-0.1, -0.05) is 18.2 Å². The number of oxazole rings is 1. The van der Waals surface area contributed by atoms with E-state index in [1.165, 1.54) is 0 Å². The molecule has 2 aromatic carbocycles. The molecule has 0 fully saturated rings. The number of ether oxygens (including phenoxy) is 1. The summed E-state index contributed by atoms with van der Waals surface area (Å²) in [5.74, 6) is 1.11. The van der Waals surface area contributed by atoms with Gasteiger partial charge in [0.1, 0.15) is 11.3 Å². The minimum atomic E-state index is 0.0265. The molecule has 2 aromatic heterocycles. The van der Waals surface area contributed by atoms with Crippen LogP contribution in [0.25, 0.3) is 22.7 Å². The number of fused-ring (bicyclic) bond motifs is 1. The maximum atomic E-state index is 11.9. The Bertz CT molecular complexity index is 1100. The maximum absolute atomic E-state index is 11.9. The summed E-state index contributed by atoms with van der Waals surface area (Å²) < 4.78 is 11.5. The fourth-order valence-corrected chi connectivity index (χ4v) is 2.74. The van der Waals surface area contributed by atoms with Gasteiger partial charge in [-0.2, -0.15) is 4.98 Å². The number of hydrogen-bond acceptors (Lipinski definition) is 5. The predicted octanol–water partition coefficient (Wildman–Crippen LogP) is 5.15. The van der Waals surface area contributed by atoms with Crippen LogP contribution in [-0.4, -0.2) is 15.0 Å². The van der Waals surface area contributed by atoms with Gasteiger partial charge in [-0.25, -0.2) is 9.97 Å². The van der Waals surface area contributed by atoms with Crippen LogP contribution in [0.1, 0.15) is 16.7 Å². The maximum Gasteiger partial charge on any atom is 0.325 e. The molecule has 4 aromatic rings. The van der Waals surface area contributed by atoms with Crippen LogP contribution < -0.4 is 4.74 Å². The van der Waals surface area contributed by atoms with E-state index < -0.39 is 0 Å². The largest absolute Gasteiger partial charge is 0.424 e. The SMILES string of the molecule is Cc1ccccc1Oc1ncc2nc(-c3cc(C)c([O])c(C)c3)oc2n1. The molecule has 0 aliphatic rings. The van der Waals surface area contributed by atoms with Crippen LogP contribution in [0.3, 0.4) is 0 Å². The third kappa shape index (κ3) is 2.86. The smallest absolute Gasteiger partial charge is 0.325 e. The van der Waals surface area contributed by atoms with E-state index >= 15 is 0 Å². The van der Waals surface area contributed by atoms with Crippen molar-refractivity contribution in [2.75, 3.05) is 0 Å². The molecule has 0 unspecified atom stereocenters. The summed E-state index contributed by atoms with van der Waals surface area (Å²) in [5.41, 5.74) is 3.88. The highest BCUT2D eigenvalue weighted by atomic mass is 16.5. The number of hydrogen-bond donors (Lipinski definition) is 0. The van der Waals surface area contributed by atoms with Gasteiger partial charge in [0, 0.05) is 5.56 Å². The van der Waals surface area contributed by atoms with Gasteiger partial charge in [0.2, 0.25) is 5.89 Å². The van der Waals surface area contributed by atoms with E-state index in [-0.39, 0.29) is 11.8 Å². The summed E-state index contributed by atoms with van der Waals surface area (Å²) in [6, 6.07) is 11.3. The number of aryl methyl sites for hydroxylation is 3. The van der Waals surface area contributed by atoms with Gasteiger partial charge in [-0.3, -0.25) is 5.11 Å². The molecule has 2 heterocycles. The van der Waals surface area contributed by atoms with E-state index in [2.05, 4.69) is 15.0 Å². The molecule has 0 atom stereocenters. The first-order valence-corrected chi connectivity index (χ1v) is 8.17. The number of rotatable bonds is 3. The van der Waals surface area contributed by atoms with E-state index in [4.69, 9.17) is 9.15 Å². The molecular weight excluding hydrogens is 330 g/mol. The fourth-order valence-electron chi connectivity index (χ4n) is 2.74. The standard InChI is InChI=1S/C20H16N3O3/c1-11-6-4-5-7-16(11)25-20-21-10-15-19(23-20)26-18(22-15)14-8-12(2)17(24)13(3)9-14/h4-10H,1-3H3. The van der Waals surface area contributed by atoms with E-state index in [0.717, 1.165) is 11.1 Å². The highest BCUT2D eigenvalue weighted by molar-refractivity contribution is 5.72. The van der Waals surface area contributed by atoms with Crippen LogP contribution in [0.2, 0.25) is 0 Å². The van der Waals surface area contributed by atoms with Gasteiger partial charge >= 0.3 is 6.01 Å². The van der Waals surface area contributed by atoms with Crippen molar-refractivity contribution in [1.29, 1.82) is 0 Å². The summed E-state index contributed by atoms with van der Waals surface area (Å²) in [6.45, 7) is 5.50. The highest BCUT2D eigenvalue weighted by Gasteiger charge is 2.14. The third-order valence-electron chi connectivity index (χ3n) is 4.13. The average molecular weight is 346 g/mol. The first-order valence-electron chi connectivity index (χ1n) is 8.17. The predicted molar refractivity (Wildman–Crippen MR) is 95.9 cm³/mol. The second kappa shape index (κ2) is 6.15. The second-order valence-electron chi connectivity index (χ2n) is 6.17. The van der Waals surface area contributed by atoms with E-state index in [9.17, 15) is 5.11 Å². The molecule has 0 spiro atoms. The molecule has 0 N–H and O–H groups in total. The van der Waals surface area contributed by atoms with Crippen LogP contribution >= 0.6 is 0 Å². The van der Waals surface area contributed by atoms with E-state index in [1.54, 1.807) is 32.2 Å².